The molecule has 0 aliphatic rings. The van der Waals surface area contributed by atoms with Crippen LogP contribution in [0.1, 0.15) is 27.7 Å². The van der Waals surface area contributed by atoms with Crippen molar-refractivity contribution in [3.05, 3.63) is 28.9 Å². The largest absolute Gasteiger partial charge is 0.347 e. The SMILES string of the molecule is CC.CC.Cn1cccnc1=O. The third kappa shape index (κ3) is 5.65. The number of hydrogen-bond donors (Lipinski definition) is 0. The fourth-order valence-corrected chi connectivity index (χ4v) is 0.429. The van der Waals surface area contributed by atoms with E-state index in [4.69, 9.17) is 0 Å². The highest BCUT2D eigenvalue weighted by molar-refractivity contribution is 4.78. The maximum Gasteiger partial charge on any atom is 0.347 e. The zero-order valence-corrected chi connectivity index (χ0v) is 8.53. The third-order valence-corrected chi connectivity index (χ3v) is 0.882. The predicted octanol–water partition coefficient (Wildman–Crippen LogP) is 1.83. The van der Waals surface area contributed by atoms with Crippen molar-refractivity contribution in [2.75, 3.05) is 0 Å². The molecule has 0 saturated carbocycles. The van der Waals surface area contributed by atoms with E-state index >= 15 is 0 Å². The number of nitrogens with zero attached hydrogens (tertiary/aromatic N) is 2. The Hall–Kier alpha value is -1.12. The van der Waals surface area contributed by atoms with Gasteiger partial charge in [-0.1, -0.05) is 27.7 Å². The summed E-state index contributed by atoms with van der Waals surface area (Å²) in [6.45, 7) is 8.00. The van der Waals surface area contributed by atoms with Crippen LogP contribution in [0.25, 0.3) is 0 Å². The van der Waals surface area contributed by atoms with Crippen LogP contribution in [0.2, 0.25) is 0 Å². The predicted molar refractivity (Wildman–Crippen MR) is 52.2 cm³/mol. The van der Waals surface area contributed by atoms with Gasteiger partial charge in [-0.3, -0.25) is 0 Å². The van der Waals surface area contributed by atoms with Crippen molar-refractivity contribution in [2.45, 2.75) is 27.7 Å². The second-order valence-electron chi connectivity index (χ2n) is 1.51. The summed E-state index contributed by atoms with van der Waals surface area (Å²) in [7, 11) is 1.66. The van der Waals surface area contributed by atoms with Gasteiger partial charge in [-0.15, -0.1) is 0 Å². The molecule has 0 aliphatic carbocycles. The van der Waals surface area contributed by atoms with E-state index in [-0.39, 0.29) is 5.69 Å². The van der Waals surface area contributed by atoms with Gasteiger partial charge < -0.3 is 4.57 Å². The highest BCUT2D eigenvalue weighted by Gasteiger charge is 1.81. The van der Waals surface area contributed by atoms with Gasteiger partial charge in [-0.05, 0) is 6.07 Å². The first-order valence-electron chi connectivity index (χ1n) is 4.28. The lowest BCUT2D eigenvalue weighted by Gasteiger charge is -1.88. The summed E-state index contributed by atoms with van der Waals surface area (Å²) in [5.74, 6) is 0. The minimum Gasteiger partial charge on any atom is -0.302 e. The van der Waals surface area contributed by atoms with Gasteiger partial charge in [-0.2, -0.15) is 0 Å². The molecule has 1 aromatic heterocycles. The zero-order chi connectivity index (χ0) is 9.98. The van der Waals surface area contributed by atoms with E-state index in [1.807, 2.05) is 27.7 Å². The molecule has 0 amide bonds. The van der Waals surface area contributed by atoms with Crippen LogP contribution in [0.5, 0.6) is 0 Å². The van der Waals surface area contributed by atoms with E-state index in [1.165, 1.54) is 10.8 Å². The molecule has 0 aliphatic heterocycles. The number of rotatable bonds is 0. The Balaban J connectivity index is 0. The van der Waals surface area contributed by atoms with E-state index in [2.05, 4.69) is 4.98 Å². The maximum atomic E-state index is 10.5. The first-order chi connectivity index (χ1) is 5.80. The van der Waals surface area contributed by atoms with Crippen molar-refractivity contribution in [3.8, 4) is 0 Å². The van der Waals surface area contributed by atoms with Gasteiger partial charge in [0.1, 0.15) is 0 Å². The molecule has 1 aromatic rings. The van der Waals surface area contributed by atoms with Crippen molar-refractivity contribution in [3.63, 3.8) is 0 Å². The van der Waals surface area contributed by atoms with E-state index in [1.54, 1.807) is 19.3 Å². The summed E-state index contributed by atoms with van der Waals surface area (Å²) >= 11 is 0. The van der Waals surface area contributed by atoms with Crippen LogP contribution in [-0.2, 0) is 7.05 Å². The Morgan fingerprint density at radius 2 is 1.75 bits per heavy atom. The third-order valence-electron chi connectivity index (χ3n) is 0.882. The summed E-state index contributed by atoms with van der Waals surface area (Å²) in [5.41, 5.74) is -0.215. The molecular weight excluding hydrogens is 152 g/mol. The van der Waals surface area contributed by atoms with Gasteiger partial charge in [0.25, 0.3) is 0 Å². The van der Waals surface area contributed by atoms with Crippen molar-refractivity contribution in [1.29, 1.82) is 0 Å². The molecule has 0 fully saturated rings. The molecule has 1 heterocycles. The Morgan fingerprint density at radius 1 is 1.25 bits per heavy atom. The lowest BCUT2D eigenvalue weighted by Crippen LogP contribution is -2.17. The monoisotopic (exact) mass is 170 g/mol. The summed E-state index contributed by atoms with van der Waals surface area (Å²) < 4.78 is 1.42. The topological polar surface area (TPSA) is 34.9 Å². The maximum absolute atomic E-state index is 10.5. The van der Waals surface area contributed by atoms with Crippen LogP contribution in [0, 0.1) is 0 Å². The Kier molecular flexibility index (Phi) is 11.1. The van der Waals surface area contributed by atoms with Gasteiger partial charge in [0.05, 0.1) is 0 Å². The summed E-state index contributed by atoms with van der Waals surface area (Å²) in [6.07, 6.45) is 3.14. The average Bonchev–Trinajstić information content (AvgIpc) is 2.17. The molecule has 0 aromatic carbocycles. The molecule has 3 nitrogen and oxygen atoms in total. The first-order valence-corrected chi connectivity index (χ1v) is 4.28. The minimum absolute atomic E-state index is 0.215. The molecule has 0 spiro atoms. The van der Waals surface area contributed by atoms with Gasteiger partial charge >= 0.3 is 5.69 Å². The average molecular weight is 170 g/mol. The van der Waals surface area contributed by atoms with E-state index in [0.29, 0.717) is 0 Å². The number of hydrogen-bond acceptors (Lipinski definition) is 2. The molecule has 0 atom stereocenters. The summed E-state index contributed by atoms with van der Waals surface area (Å²) in [4.78, 5) is 14.0. The molecule has 0 unspecified atom stereocenters. The second kappa shape index (κ2) is 9.88. The fourth-order valence-electron chi connectivity index (χ4n) is 0.429. The van der Waals surface area contributed by atoms with E-state index in [9.17, 15) is 4.79 Å². The van der Waals surface area contributed by atoms with Crippen LogP contribution in [0.4, 0.5) is 0 Å². The molecule has 0 N–H and O–H groups in total. The molecule has 70 valence electrons. The standard InChI is InChI=1S/C5H6N2O.2C2H6/c1-7-4-2-3-6-5(7)8;2*1-2/h2-4H,1H3;2*1-2H3. The van der Waals surface area contributed by atoms with E-state index in [0.717, 1.165) is 0 Å². The molecule has 0 saturated heterocycles. The van der Waals surface area contributed by atoms with Crippen molar-refractivity contribution < 1.29 is 0 Å². The van der Waals surface area contributed by atoms with Gasteiger partial charge in [0, 0.05) is 19.4 Å². The van der Waals surface area contributed by atoms with Crippen molar-refractivity contribution >= 4 is 0 Å². The fraction of sp³-hybridized carbons (Fsp3) is 0.556. The molecule has 3 heteroatoms. The lowest BCUT2D eigenvalue weighted by molar-refractivity contribution is 0.810. The molecular formula is C9H18N2O. The molecule has 0 bridgehead atoms. The van der Waals surface area contributed by atoms with Crippen LogP contribution >= 0.6 is 0 Å². The van der Waals surface area contributed by atoms with Gasteiger partial charge in [0.2, 0.25) is 0 Å². The molecule has 0 radical (unpaired) electrons. The quantitative estimate of drug-likeness (QED) is 0.595. The highest BCUT2D eigenvalue weighted by atomic mass is 16.1. The Labute approximate surface area is 74.1 Å². The smallest absolute Gasteiger partial charge is 0.302 e. The van der Waals surface area contributed by atoms with Crippen LogP contribution < -0.4 is 5.69 Å². The normalized spacial score (nSPS) is 7.08. The Morgan fingerprint density at radius 3 is 2.00 bits per heavy atom. The zero-order valence-electron chi connectivity index (χ0n) is 8.53. The lowest BCUT2D eigenvalue weighted by atomic mass is 10.7. The minimum atomic E-state index is -0.215. The Bertz CT molecular complexity index is 230. The summed E-state index contributed by atoms with van der Waals surface area (Å²) in [6, 6.07) is 1.71. The van der Waals surface area contributed by atoms with Crippen molar-refractivity contribution in [2.24, 2.45) is 7.05 Å². The van der Waals surface area contributed by atoms with Crippen LogP contribution in [0.3, 0.4) is 0 Å². The van der Waals surface area contributed by atoms with Crippen LogP contribution in [0.15, 0.2) is 23.3 Å². The molecule has 1 rings (SSSR count). The highest BCUT2D eigenvalue weighted by Crippen LogP contribution is 1.68. The summed E-state index contributed by atoms with van der Waals surface area (Å²) in [5, 5.41) is 0. The van der Waals surface area contributed by atoms with E-state index < -0.39 is 0 Å². The number of aromatic nitrogens is 2. The van der Waals surface area contributed by atoms with Gasteiger partial charge in [-0.25, -0.2) is 9.78 Å². The van der Waals surface area contributed by atoms with Crippen molar-refractivity contribution in [1.82, 2.24) is 9.55 Å². The first kappa shape index (κ1) is 13.5. The molecule has 12 heavy (non-hydrogen) atoms. The second-order valence-corrected chi connectivity index (χ2v) is 1.51. The number of aryl methyl sites for hydroxylation is 1. The van der Waals surface area contributed by atoms with Crippen LogP contribution in [-0.4, -0.2) is 9.55 Å². The van der Waals surface area contributed by atoms with Gasteiger partial charge in [0.15, 0.2) is 0 Å².